The van der Waals surface area contributed by atoms with E-state index < -0.39 is 0 Å². The first-order valence-electron chi connectivity index (χ1n) is 7.15. The van der Waals surface area contributed by atoms with E-state index in [-0.39, 0.29) is 12.1 Å². The van der Waals surface area contributed by atoms with Gasteiger partial charge in [0, 0.05) is 31.0 Å². The molecule has 1 aromatic carbocycles. The van der Waals surface area contributed by atoms with E-state index in [2.05, 4.69) is 4.99 Å². The average molecular weight is 271 g/mol. The molecule has 4 nitrogen and oxygen atoms in total. The van der Waals surface area contributed by atoms with Crippen LogP contribution in [0.2, 0.25) is 0 Å². The zero-order valence-electron chi connectivity index (χ0n) is 11.4. The van der Waals surface area contributed by atoms with E-state index in [9.17, 15) is 4.79 Å². The second-order valence-corrected chi connectivity index (χ2v) is 5.80. The molecule has 2 saturated carbocycles. The molecule has 104 valence electrons. The number of fused-ring (bicyclic) bond motifs is 4. The zero-order chi connectivity index (χ0) is 13.7. The lowest BCUT2D eigenvalue weighted by Crippen LogP contribution is -2.49. The van der Waals surface area contributed by atoms with Crippen molar-refractivity contribution in [3.8, 4) is 0 Å². The predicted molar refractivity (Wildman–Crippen MR) is 73.9 cm³/mol. The van der Waals surface area contributed by atoms with Crippen LogP contribution in [0, 0.1) is 11.8 Å². The molecule has 4 heteroatoms. The van der Waals surface area contributed by atoms with E-state index in [1.54, 1.807) is 12.1 Å². The van der Waals surface area contributed by atoms with Crippen LogP contribution in [0.25, 0.3) is 0 Å². The SMILES string of the molecule is C/N=C1\CC(OC(=O)c2ccccc2)CC2C3OC3C12. The maximum atomic E-state index is 12.1. The summed E-state index contributed by atoms with van der Waals surface area (Å²) in [6.45, 7) is 0. The van der Waals surface area contributed by atoms with Gasteiger partial charge in [-0.25, -0.2) is 4.79 Å². The number of epoxide rings is 1. The molecule has 4 rings (SSSR count). The first-order valence-corrected chi connectivity index (χ1v) is 7.15. The monoisotopic (exact) mass is 271 g/mol. The summed E-state index contributed by atoms with van der Waals surface area (Å²) < 4.78 is 11.3. The molecule has 20 heavy (non-hydrogen) atoms. The summed E-state index contributed by atoms with van der Waals surface area (Å²) in [5.74, 6) is 0.745. The molecule has 0 bridgehead atoms. The highest BCUT2D eigenvalue weighted by Crippen LogP contribution is 2.57. The van der Waals surface area contributed by atoms with Crippen LogP contribution in [0.4, 0.5) is 0 Å². The van der Waals surface area contributed by atoms with Gasteiger partial charge in [-0.15, -0.1) is 0 Å². The topological polar surface area (TPSA) is 51.2 Å². The largest absolute Gasteiger partial charge is 0.458 e. The molecular formula is C16H17NO3. The Bertz CT molecular complexity index is 568. The van der Waals surface area contributed by atoms with Crippen molar-refractivity contribution in [1.29, 1.82) is 0 Å². The highest BCUT2D eigenvalue weighted by molar-refractivity contribution is 5.92. The number of ether oxygens (including phenoxy) is 2. The molecule has 3 fully saturated rings. The maximum absolute atomic E-state index is 12.1. The fraction of sp³-hybridized carbons (Fsp3) is 0.500. The number of nitrogens with zero attached hydrogens (tertiary/aromatic N) is 1. The van der Waals surface area contributed by atoms with Crippen molar-refractivity contribution < 1.29 is 14.3 Å². The van der Waals surface area contributed by atoms with Gasteiger partial charge >= 0.3 is 5.97 Å². The molecule has 3 aliphatic rings. The van der Waals surface area contributed by atoms with Crippen LogP contribution in [0.5, 0.6) is 0 Å². The number of hydrogen-bond donors (Lipinski definition) is 0. The van der Waals surface area contributed by atoms with Crippen LogP contribution in [-0.2, 0) is 9.47 Å². The minimum absolute atomic E-state index is 0.0622. The molecule has 0 aromatic heterocycles. The van der Waals surface area contributed by atoms with Crippen molar-refractivity contribution in [3.63, 3.8) is 0 Å². The summed E-state index contributed by atoms with van der Waals surface area (Å²) in [5.41, 5.74) is 1.77. The lowest BCUT2D eigenvalue weighted by molar-refractivity contribution is 0.0168. The van der Waals surface area contributed by atoms with Crippen LogP contribution >= 0.6 is 0 Å². The smallest absolute Gasteiger partial charge is 0.338 e. The third kappa shape index (κ3) is 1.79. The van der Waals surface area contributed by atoms with Gasteiger partial charge in [-0.1, -0.05) is 18.2 Å². The molecule has 1 aliphatic heterocycles. The lowest BCUT2D eigenvalue weighted by Gasteiger charge is -2.40. The third-order valence-electron chi connectivity index (χ3n) is 4.73. The summed E-state index contributed by atoms with van der Waals surface area (Å²) in [6.07, 6.45) is 2.40. The van der Waals surface area contributed by atoms with Crippen LogP contribution in [0.15, 0.2) is 35.3 Å². The Morgan fingerprint density at radius 2 is 2.10 bits per heavy atom. The third-order valence-corrected chi connectivity index (χ3v) is 4.73. The Morgan fingerprint density at radius 3 is 2.85 bits per heavy atom. The van der Waals surface area contributed by atoms with Gasteiger partial charge in [-0.2, -0.15) is 0 Å². The van der Waals surface area contributed by atoms with Crippen LogP contribution < -0.4 is 0 Å². The van der Waals surface area contributed by atoms with E-state index in [0.717, 1.165) is 18.6 Å². The maximum Gasteiger partial charge on any atom is 0.338 e. The molecule has 0 N–H and O–H groups in total. The average Bonchev–Trinajstić information content (AvgIpc) is 3.19. The van der Waals surface area contributed by atoms with Gasteiger partial charge in [-0.3, -0.25) is 4.99 Å². The van der Waals surface area contributed by atoms with Gasteiger partial charge in [-0.05, 0) is 18.6 Å². The molecule has 1 heterocycles. The summed E-state index contributed by atoms with van der Waals surface area (Å²) in [7, 11) is 1.82. The fourth-order valence-electron chi connectivity index (χ4n) is 3.67. The van der Waals surface area contributed by atoms with Gasteiger partial charge in [0.05, 0.1) is 17.8 Å². The standard InChI is InChI=1S/C16H17NO3/c1-17-12-8-10(7-11-13(12)15-14(11)20-15)19-16(18)9-5-3-2-4-6-9/h2-6,10-11,13-15H,7-8H2,1H3/b17-12+. The van der Waals surface area contributed by atoms with E-state index in [1.807, 2.05) is 25.2 Å². The quantitative estimate of drug-likeness (QED) is 0.611. The highest BCUT2D eigenvalue weighted by Gasteiger charge is 2.67. The molecule has 0 radical (unpaired) electrons. The number of carbonyl (C=O) groups is 1. The lowest BCUT2D eigenvalue weighted by atomic mass is 9.64. The predicted octanol–water partition coefficient (Wildman–Crippen LogP) is 2.09. The van der Waals surface area contributed by atoms with Crippen molar-refractivity contribution in [1.82, 2.24) is 0 Å². The second-order valence-electron chi connectivity index (χ2n) is 5.80. The number of esters is 1. The van der Waals surface area contributed by atoms with E-state index in [1.165, 1.54) is 0 Å². The molecule has 1 aromatic rings. The Labute approximate surface area is 117 Å². The molecule has 2 aliphatic carbocycles. The van der Waals surface area contributed by atoms with Gasteiger partial charge < -0.3 is 9.47 Å². The number of carbonyl (C=O) groups excluding carboxylic acids is 1. The van der Waals surface area contributed by atoms with Crippen molar-refractivity contribution in [2.24, 2.45) is 16.8 Å². The normalized spacial score (nSPS) is 39.5. The molecule has 0 amide bonds. The van der Waals surface area contributed by atoms with Gasteiger partial charge in [0.15, 0.2) is 0 Å². The number of rotatable bonds is 2. The summed E-state index contributed by atoms with van der Waals surface area (Å²) in [4.78, 5) is 16.5. The number of aliphatic imine (C=N–C) groups is 1. The van der Waals surface area contributed by atoms with E-state index >= 15 is 0 Å². The van der Waals surface area contributed by atoms with Crippen molar-refractivity contribution >= 4 is 11.7 Å². The Morgan fingerprint density at radius 1 is 1.30 bits per heavy atom. The minimum atomic E-state index is -0.239. The van der Waals surface area contributed by atoms with E-state index in [0.29, 0.717) is 29.6 Å². The van der Waals surface area contributed by atoms with Crippen LogP contribution in [-0.4, -0.2) is 37.0 Å². The fourth-order valence-corrected chi connectivity index (χ4v) is 3.67. The van der Waals surface area contributed by atoms with Crippen LogP contribution in [0.1, 0.15) is 23.2 Å². The van der Waals surface area contributed by atoms with Crippen molar-refractivity contribution in [2.75, 3.05) is 7.05 Å². The highest BCUT2D eigenvalue weighted by atomic mass is 16.6. The Kier molecular flexibility index (Phi) is 2.67. The van der Waals surface area contributed by atoms with Crippen molar-refractivity contribution in [3.05, 3.63) is 35.9 Å². The summed E-state index contributed by atoms with van der Waals surface area (Å²) in [5, 5.41) is 0. The van der Waals surface area contributed by atoms with Gasteiger partial charge in [0.1, 0.15) is 6.10 Å². The first-order chi connectivity index (χ1) is 9.78. The number of hydrogen-bond acceptors (Lipinski definition) is 4. The van der Waals surface area contributed by atoms with Gasteiger partial charge in [0.25, 0.3) is 0 Å². The zero-order valence-corrected chi connectivity index (χ0v) is 11.4. The van der Waals surface area contributed by atoms with Gasteiger partial charge in [0.2, 0.25) is 0 Å². The van der Waals surface area contributed by atoms with Crippen molar-refractivity contribution in [2.45, 2.75) is 31.2 Å². The minimum Gasteiger partial charge on any atom is -0.458 e. The first kappa shape index (κ1) is 12.1. The molecular weight excluding hydrogens is 254 g/mol. The Balaban J connectivity index is 1.46. The van der Waals surface area contributed by atoms with E-state index in [4.69, 9.17) is 9.47 Å². The molecule has 5 atom stereocenters. The molecule has 1 saturated heterocycles. The van der Waals surface area contributed by atoms with Crippen LogP contribution in [0.3, 0.4) is 0 Å². The summed E-state index contributed by atoms with van der Waals surface area (Å²) in [6, 6.07) is 9.16. The molecule has 0 spiro atoms. The Hall–Kier alpha value is -1.68. The summed E-state index contributed by atoms with van der Waals surface area (Å²) >= 11 is 0. The molecule has 5 unspecified atom stereocenters. The second kappa shape index (κ2) is 4.42. The number of benzene rings is 1.